The summed E-state index contributed by atoms with van der Waals surface area (Å²) in [6.07, 6.45) is 0.250. The van der Waals surface area contributed by atoms with Gasteiger partial charge in [-0.1, -0.05) is 6.07 Å². The Balaban J connectivity index is 1.32. The molecule has 3 atom stereocenters. The van der Waals surface area contributed by atoms with E-state index in [4.69, 9.17) is 4.74 Å². The monoisotopic (exact) mass is 373 g/mol. The first-order valence-electron chi connectivity index (χ1n) is 9.09. The number of aromatic nitrogens is 4. The molecule has 10 nitrogen and oxygen atoms in total. The second kappa shape index (κ2) is 7.49. The standard InChI is InChI=1S/C17H23N7O3/c1-2-24-22-16(21-23-24)8-19-17(26)18-7-10-3-4-12-11(5-10)15-6-13(20-12)14(25)9-27-15/h3-5,13-15,20,25H,2,6-9H2,1H3,(H2,18,19,26)/t13?,14-,15-/m1/s1. The third-order valence-corrected chi connectivity index (χ3v) is 4.84. The maximum atomic E-state index is 12.0. The summed E-state index contributed by atoms with van der Waals surface area (Å²) in [6.45, 7) is 3.51. The fraction of sp³-hybridized carbons (Fsp3) is 0.529. The number of tetrazole rings is 1. The van der Waals surface area contributed by atoms with Crippen molar-refractivity contribution in [3.8, 4) is 0 Å². The van der Waals surface area contributed by atoms with Gasteiger partial charge in [-0.3, -0.25) is 0 Å². The number of aliphatic hydroxyl groups excluding tert-OH is 1. The number of benzene rings is 1. The fourth-order valence-electron chi connectivity index (χ4n) is 3.36. The molecule has 2 amide bonds. The van der Waals surface area contributed by atoms with E-state index < -0.39 is 6.10 Å². The van der Waals surface area contributed by atoms with Gasteiger partial charge in [0.2, 0.25) is 0 Å². The van der Waals surface area contributed by atoms with E-state index in [1.165, 1.54) is 4.80 Å². The molecule has 4 rings (SSSR count). The number of carbonyl (C=O) groups is 1. The van der Waals surface area contributed by atoms with Crippen LogP contribution in [0, 0.1) is 0 Å². The Kier molecular flexibility index (Phi) is 4.90. The summed E-state index contributed by atoms with van der Waals surface area (Å²) in [5, 5.41) is 30.7. The topological polar surface area (TPSA) is 126 Å². The number of urea groups is 1. The minimum Gasteiger partial charge on any atom is -0.389 e. The van der Waals surface area contributed by atoms with Crippen molar-refractivity contribution in [3.05, 3.63) is 35.2 Å². The molecule has 3 heterocycles. The Morgan fingerprint density at radius 3 is 3.07 bits per heavy atom. The van der Waals surface area contributed by atoms with Crippen LogP contribution in [0.4, 0.5) is 10.5 Å². The number of hydrogen-bond donors (Lipinski definition) is 4. The van der Waals surface area contributed by atoms with Gasteiger partial charge in [0.15, 0.2) is 5.82 Å². The van der Waals surface area contributed by atoms with Gasteiger partial charge < -0.3 is 25.8 Å². The SMILES string of the molecule is CCn1nnc(CNC(=O)NCc2ccc3c(c2)[C@H]2CC(N3)[C@H](O)CO2)n1. The Morgan fingerprint density at radius 1 is 1.41 bits per heavy atom. The minimum atomic E-state index is -0.479. The highest BCUT2D eigenvalue weighted by Gasteiger charge is 2.36. The Hall–Kier alpha value is -2.72. The highest BCUT2D eigenvalue weighted by molar-refractivity contribution is 5.73. The molecule has 2 aromatic rings. The number of carbonyl (C=O) groups excluding carboxylic acids is 1. The van der Waals surface area contributed by atoms with E-state index in [1.54, 1.807) is 0 Å². The zero-order valence-corrected chi connectivity index (χ0v) is 15.1. The minimum absolute atomic E-state index is 0.0179. The lowest BCUT2D eigenvalue weighted by atomic mass is 9.89. The van der Waals surface area contributed by atoms with Crippen LogP contribution in [0.5, 0.6) is 0 Å². The van der Waals surface area contributed by atoms with Crippen LogP contribution >= 0.6 is 0 Å². The second-order valence-corrected chi connectivity index (χ2v) is 6.73. The summed E-state index contributed by atoms with van der Waals surface area (Å²) in [5.74, 6) is 0.470. The molecular formula is C17H23N7O3. The lowest BCUT2D eigenvalue weighted by Gasteiger charge is -2.40. The van der Waals surface area contributed by atoms with Crippen molar-refractivity contribution in [2.75, 3.05) is 11.9 Å². The zero-order chi connectivity index (χ0) is 18.8. The largest absolute Gasteiger partial charge is 0.389 e. The summed E-state index contributed by atoms with van der Waals surface area (Å²) in [4.78, 5) is 13.5. The van der Waals surface area contributed by atoms with E-state index in [-0.39, 0.29) is 24.7 Å². The van der Waals surface area contributed by atoms with E-state index in [0.717, 1.165) is 23.2 Å². The highest BCUT2D eigenvalue weighted by Crippen LogP contribution is 2.39. The number of rotatable bonds is 5. The van der Waals surface area contributed by atoms with E-state index in [0.29, 0.717) is 25.5 Å². The summed E-state index contributed by atoms with van der Waals surface area (Å²) < 4.78 is 5.76. The van der Waals surface area contributed by atoms with Crippen LogP contribution in [-0.2, 0) is 24.4 Å². The van der Waals surface area contributed by atoms with Gasteiger partial charge in [-0.2, -0.15) is 4.80 Å². The van der Waals surface area contributed by atoms with Crippen LogP contribution < -0.4 is 16.0 Å². The molecule has 1 aromatic heterocycles. The molecule has 1 unspecified atom stereocenters. The number of anilines is 1. The molecule has 2 aliphatic heterocycles. The molecule has 4 N–H and O–H groups in total. The van der Waals surface area contributed by atoms with Crippen LogP contribution in [0.15, 0.2) is 18.2 Å². The molecule has 1 fully saturated rings. The Labute approximate surface area is 156 Å². The number of aryl methyl sites for hydroxylation is 1. The Bertz CT molecular complexity index is 825. The predicted molar refractivity (Wildman–Crippen MR) is 95.7 cm³/mol. The van der Waals surface area contributed by atoms with Crippen molar-refractivity contribution in [1.29, 1.82) is 0 Å². The average molecular weight is 373 g/mol. The molecule has 144 valence electrons. The molecule has 0 saturated carbocycles. The first-order chi connectivity index (χ1) is 13.1. The van der Waals surface area contributed by atoms with Crippen LogP contribution in [0.2, 0.25) is 0 Å². The molecule has 0 radical (unpaired) electrons. The maximum Gasteiger partial charge on any atom is 0.315 e. The molecular weight excluding hydrogens is 350 g/mol. The number of amides is 2. The zero-order valence-electron chi connectivity index (χ0n) is 15.1. The number of nitrogens with one attached hydrogen (secondary N) is 3. The van der Waals surface area contributed by atoms with Gasteiger partial charge in [-0.05, 0) is 29.8 Å². The lowest BCUT2D eigenvalue weighted by Crippen LogP contribution is -2.46. The van der Waals surface area contributed by atoms with Crippen molar-refractivity contribution in [3.63, 3.8) is 0 Å². The molecule has 0 spiro atoms. The summed E-state index contributed by atoms with van der Waals surface area (Å²) in [7, 11) is 0. The molecule has 0 aliphatic carbocycles. The van der Waals surface area contributed by atoms with Crippen molar-refractivity contribution >= 4 is 11.7 Å². The molecule has 2 bridgehead atoms. The van der Waals surface area contributed by atoms with E-state index >= 15 is 0 Å². The predicted octanol–water partition coefficient (Wildman–Crippen LogP) is 0.309. The van der Waals surface area contributed by atoms with E-state index in [9.17, 15) is 9.90 Å². The number of ether oxygens (including phenoxy) is 1. The maximum absolute atomic E-state index is 12.0. The second-order valence-electron chi connectivity index (χ2n) is 6.73. The number of hydrogen-bond acceptors (Lipinski definition) is 7. The van der Waals surface area contributed by atoms with Gasteiger partial charge in [0.1, 0.15) is 0 Å². The summed E-state index contributed by atoms with van der Waals surface area (Å²) in [6, 6.07) is 5.70. The number of aliphatic hydroxyl groups is 1. The smallest absolute Gasteiger partial charge is 0.315 e. The summed E-state index contributed by atoms with van der Waals surface area (Å²) >= 11 is 0. The molecule has 27 heavy (non-hydrogen) atoms. The van der Waals surface area contributed by atoms with Crippen molar-refractivity contribution < 1.29 is 14.6 Å². The normalized spacial score (nSPS) is 23.3. The van der Waals surface area contributed by atoms with Crippen LogP contribution in [0.1, 0.15) is 36.4 Å². The molecule has 1 saturated heterocycles. The average Bonchev–Trinajstić information content (AvgIpc) is 3.16. The van der Waals surface area contributed by atoms with Crippen LogP contribution in [0.3, 0.4) is 0 Å². The van der Waals surface area contributed by atoms with E-state index in [2.05, 4.69) is 31.4 Å². The quantitative estimate of drug-likeness (QED) is 0.594. The van der Waals surface area contributed by atoms with Gasteiger partial charge in [-0.25, -0.2) is 4.79 Å². The van der Waals surface area contributed by atoms with Gasteiger partial charge >= 0.3 is 6.03 Å². The van der Waals surface area contributed by atoms with Crippen LogP contribution in [0.25, 0.3) is 0 Å². The number of fused-ring (bicyclic) bond motifs is 4. The van der Waals surface area contributed by atoms with Crippen LogP contribution in [-0.4, -0.2) is 50.1 Å². The first kappa shape index (κ1) is 17.7. The molecule has 10 heteroatoms. The van der Waals surface area contributed by atoms with Gasteiger partial charge in [0, 0.05) is 24.2 Å². The highest BCUT2D eigenvalue weighted by atomic mass is 16.5. The van der Waals surface area contributed by atoms with Gasteiger partial charge in [0.25, 0.3) is 0 Å². The molecule has 2 aliphatic rings. The summed E-state index contributed by atoms with van der Waals surface area (Å²) in [5.41, 5.74) is 3.03. The lowest BCUT2D eigenvalue weighted by molar-refractivity contribution is -0.0672. The fourth-order valence-corrected chi connectivity index (χ4v) is 3.36. The third kappa shape index (κ3) is 3.86. The van der Waals surface area contributed by atoms with Crippen molar-refractivity contribution in [1.82, 2.24) is 30.8 Å². The number of nitrogens with zero attached hydrogens (tertiary/aromatic N) is 4. The van der Waals surface area contributed by atoms with E-state index in [1.807, 2.05) is 25.1 Å². The van der Waals surface area contributed by atoms with Gasteiger partial charge in [0.05, 0.1) is 37.9 Å². The third-order valence-electron chi connectivity index (χ3n) is 4.84. The van der Waals surface area contributed by atoms with Crippen molar-refractivity contribution in [2.24, 2.45) is 0 Å². The first-order valence-corrected chi connectivity index (χ1v) is 9.09. The van der Waals surface area contributed by atoms with Gasteiger partial charge in [-0.15, -0.1) is 10.2 Å². The molecule has 1 aromatic carbocycles. The Morgan fingerprint density at radius 2 is 2.26 bits per heavy atom. The van der Waals surface area contributed by atoms with Crippen molar-refractivity contribution in [2.45, 2.75) is 51.2 Å².